The van der Waals surface area contributed by atoms with Gasteiger partial charge in [0.15, 0.2) is 0 Å². The summed E-state index contributed by atoms with van der Waals surface area (Å²) in [6.45, 7) is 2.10. The molecule has 0 aromatic heterocycles. The van der Waals surface area contributed by atoms with Crippen LogP contribution >= 0.6 is 27.7 Å². The summed E-state index contributed by atoms with van der Waals surface area (Å²) in [5, 5.41) is 0. The van der Waals surface area contributed by atoms with Crippen LogP contribution in [0.1, 0.15) is 27.0 Å². The van der Waals surface area contributed by atoms with E-state index in [2.05, 4.69) is 52.5 Å². The number of benzene rings is 2. The standard InChI is InChI=1S/C16H17BrN2OS/c1-11-3-2-4-12(7-11)9-21-10-14-6-5-13(8-15(14)17)16(20)19-18/h2-8H,9-10,18H2,1H3,(H,19,20). The van der Waals surface area contributed by atoms with E-state index in [9.17, 15) is 4.79 Å². The maximum atomic E-state index is 11.4. The van der Waals surface area contributed by atoms with Crippen molar-refractivity contribution in [1.82, 2.24) is 5.43 Å². The van der Waals surface area contributed by atoms with E-state index in [-0.39, 0.29) is 5.91 Å². The van der Waals surface area contributed by atoms with Gasteiger partial charge in [0.05, 0.1) is 0 Å². The second-order valence-corrected chi connectivity index (χ2v) is 6.60. The molecule has 0 atom stereocenters. The zero-order valence-corrected chi connectivity index (χ0v) is 14.1. The molecule has 0 aliphatic heterocycles. The van der Waals surface area contributed by atoms with Crippen LogP contribution in [0.3, 0.4) is 0 Å². The Morgan fingerprint density at radius 3 is 2.71 bits per heavy atom. The number of rotatable bonds is 5. The molecule has 0 radical (unpaired) electrons. The fourth-order valence-corrected chi connectivity index (χ4v) is 3.66. The van der Waals surface area contributed by atoms with Gasteiger partial charge in [-0.2, -0.15) is 11.8 Å². The van der Waals surface area contributed by atoms with Crippen LogP contribution in [-0.2, 0) is 11.5 Å². The van der Waals surface area contributed by atoms with E-state index in [0.29, 0.717) is 5.56 Å². The molecule has 2 aromatic carbocycles. The van der Waals surface area contributed by atoms with E-state index in [1.807, 2.05) is 17.8 Å². The number of hydrazine groups is 1. The third kappa shape index (κ3) is 4.59. The van der Waals surface area contributed by atoms with Crippen molar-refractivity contribution in [3.05, 3.63) is 69.2 Å². The SMILES string of the molecule is Cc1cccc(CSCc2ccc(C(=O)NN)cc2Br)c1. The van der Waals surface area contributed by atoms with Crippen molar-refractivity contribution in [3.8, 4) is 0 Å². The van der Waals surface area contributed by atoms with Crippen LogP contribution in [0, 0.1) is 6.92 Å². The third-order valence-electron chi connectivity index (χ3n) is 3.06. The minimum atomic E-state index is -0.283. The molecule has 0 saturated heterocycles. The first-order chi connectivity index (χ1) is 10.1. The molecule has 1 amide bonds. The van der Waals surface area contributed by atoms with E-state index < -0.39 is 0 Å². The van der Waals surface area contributed by atoms with Crippen LogP contribution < -0.4 is 11.3 Å². The number of hydrogen-bond acceptors (Lipinski definition) is 3. The summed E-state index contributed by atoms with van der Waals surface area (Å²) in [6, 6.07) is 14.1. The molecule has 3 N–H and O–H groups in total. The molecule has 21 heavy (non-hydrogen) atoms. The smallest absolute Gasteiger partial charge is 0.265 e. The first-order valence-electron chi connectivity index (χ1n) is 6.53. The van der Waals surface area contributed by atoms with E-state index in [4.69, 9.17) is 5.84 Å². The Hall–Kier alpha value is -1.30. The van der Waals surface area contributed by atoms with Gasteiger partial charge < -0.3 is 0 Å². The quantitative estimate of drug-likeness (QED) is 0.482. The molecular weight excluding hydrogens is 348 g/mol. The monoisotopic (exact) mass is 364 g/mol. The minimum Gasteiger partial charge on any atom is -0.290 e. The molecule has 2 aromatic rings. The fourth-order valence-electron chi connectivity index (χ4n) is 1.97. The molecular formula is C16H17BrN2OS. The van der Waals surface area contributed by atoms with Gasteiger partial charge in [-0.3, -0.25) is 10.2 Å². The predicted octanol–water partition coefficient (Wildman–Crippen LogP) is 3.79. The molecule has 0 aliphatic carbocycles. The van der Waals surface area contributed by atoms with Crippen LogP contribution in [0.2, 0.25) is 0 Å². The van der Waals surface area contributed by atoms with E-state index >= 15 is 0 Å². The highest BCUT2D eigenvalue weighted by Crippen LogP contribution is 2.25. The number of nitrogens with one attached hydrogen (secondary N) is 1. The van der Waals surface area contributed by atoms with Crippen LogP contribution in [-0.4, -0.2) is 5.91 Å². The number of amides is 1. The number of halogens is 1. The van der Waals surface area contributed by atoms with Gasteiger partial charge in [0.25, 0.3) is 5.91 Å². The minimum absolute atomic E-state index is 0.283. The molecule has 110 valence electrons. The lowest BCUT2D eigenvalue weighted by molar-refractivity contribution is 0.0953. The number of carbonyl (C=O) groups is 1. The van der Waals surface area contributed by atoms with Gasteiger partial charge in [-0.25, -0.2) is 5.84 Å². The normalized spacial score (nSPS) is 10.4. The summed E-state index contributed by atoms with van der Waals surface area (Å²) in [5.41, 5.74) is 6.47. The highest BCUT2D eigenvalue weighted by Gasteiger charge is 2.07. The maximum absolute atomic E-state index is 11.4. The first-order valence-corrected chi connectivity index (χ1v) is 8.47. The van der Waals surface area contributed by atoms with Gasteiger partial charge >= 0.3 is 0 Å². The number of hydrogen-bond donors (Lipinski definition) is 2. The van der Waals surface area contributed by atoms with Crippen molar-refractivity contribution < 1.29 is 4.79 Å². The zero-order valence-electron chi connectivity index (χ0n) is 11.7. The summed E-state index contributed by atoms with van der Waals surface area (Å²) in [4.78, 5) is 11.4. The Labute approximate surface area is 137 Å². The lowest BCUT2D eigenvalue weighted by Gasteiger charge is -2.07. The molecule has 0 fully saturated rings. The summed E-state index contributed by atoms with van der Waals surface area (Å²) in [6.07, 6.45) is 0. The van der Waals surface area contributed by atoms with Crippen LogP contribution in [0.5, 0.6) is 0 Å². The predicted molar refractivity (Wildman–Crippen MR) is 92.0 cm³/mol. The van der Waals surface area contributed by atoms with Crippen molar-refractivity contribution in [2.75, 3.05) is 0 Å². The Morgan fingerprint density at radius 2 is 2.05 bits per heavy atom. The van der Waals surface area contributed by atoms with Gasteiger partial charge in [0, 0.05) is 21.5 Å². The summed E-state index contributed by atoms with van der Waals surface area (Å²) in [5.74, 6) is 6.71. The summed E-state index contributed by atoms with van der Waals surface area (Å²) < 4.78 is 0.931. The molecule has 0 heterocycles. The van der Waals surface area contributed by atoms with Crippen LogP contribution in [0.15, 0.2) is 46.9 Å². The maximum Gasteiger partial charge on any atom is 0.265 e. The van der Waals surface area contributed by atoms with Crippen molar-refractivity contribution in [1.29, 1.82) is 0 Å². The molecule has 3 nitrogen and oxygen atoms in total. The molecule has 0 spiro atoms. The fraction of sp³-hybridized carbons (Fsp3) is 0.188. The second-order valence-electron chi connectivity index (χ2n) is 4.76. The average Bonchev–Trinajstić information content (AvgIpc) is 2.48. The number of carbonyl (C=O) groups excluding carboxylic acids is 1. The van der Waals surface area contributed by atoms with Crippen LogP contribution in [0.25, 0.3) is 0 Å². The van der Waals surface area contributed by atoms with Crippen molar-refractivity contribution in [3.63, 3.8) is 0 Å². The summed E-state index contributed by atoms with van der Waals surface area (Å²) in [7, 11) is 0. The third-order valence-corrected chi connectivity index (χ3v) is 4.85. The van der Waals surface area contributed by atoms with Gasteiger partial charge in [-0.05, 0) is 30.2 Å². The Bertz CT molecular complexity index is 646. The second kappa shape index (κ2) is 7.64. The van der Waals surface area contributed by atoms with Crippen molar-refractivity contribution in [2.45, 2.75) is 18.4 Å². The first kappa shape index (κ1) is 16.1. The summed E-state index contributed by atoms with van der Waals surface area (Å²) >= 11 is 5.36. The highest BCUT2D eigenvalue weighted by molar-refractivity contribution is 9.10. The van der Waals surface area contributed by atoms with Gasteiger partial charge in [-0.15, -0.1) is 0 Å². The Balaban J connectivity index is 1.96. The van der Waals surface area contributed by atoms with Crippen LogP contribution in [0.4, 0.5) is 0 Å². The molecule has 0 saturated carbocycles. The van der Waals surface area contributed by atoms with Crippen molar-refractivity contribution >= 4 is 33.6 Å². The average molecular weight is 365 g/mol. The Kier molecular flexibility index (Phi) is 5.85. The largest absolute Gasteiger partial charge is 0.290 e. The number of nitrogens with two attached hydrogens (primary N) is 1. The molecule has 0 aliphatic rings. The number of aryl methyl sites for hydroxylation is 1. The lowest BCUT2D eigenvalue weighted by Crippen LogP contribution is -2.29. The van der Waals surface area contributed by atoms with Gasteiger partial charge in [0.1, 0.15) is 0 Å². The van der Waals surface area contributed by atoms with E-state index in [1.54, 1.807) is 12.1 Å². The van der Waals surface area contributed by atoms with Crippen molar-refractivity contribution in [2.24, 2.45) is 5.84 Å². The molecule has 0 bridgehead atoms. The van der Waals surface area contributed by atoms with E-state index in [1.165, 1.54) is 16.7 Å². The lowest BCUT2D eigenvalue weighted by atomic mass is 10.1. The topological polar surface area (TPSA) is 55.1 Å². The molecule has 5 heteroatoms. The van der Waals surface area contributed by atoms with E-state index in [0.717, 1.165) is 16.0 Å². The molecule has 2 rings (SSSR count). The zero-order chi connectivity index (χ0) is 15.2. The highest BCUT2D eigenvalue weighted by atomic mass is 79.9. The molecule has 0 unspecified atom stereocenters. The number of thioether (sulfide) groups is 1. The number of nitrogen functional groups attached to an aromatic ring is 1. The Morgan fingerprint density at radius 1 is 1.24 bits per heavy atom. The van der Waals surface area contributed by atoms with Gasteiger partial charge in [0.2, 0.25) is 0 Å². The van der Waals surface area contributed by atoms with Gasteiger partial charge in [-0.1, -0.05) is 51.8 Å².